The van der Waals surface area contributed by atoms with E-state index in [0.717, 1.165) is 17.7 Å². The van der Waals surface area contributed by atoms with Crippen molar-refractivity contribution in [2.24, 2.45) is 0 Å². The largest absolute Gasteiger partial charge is 0.348 e. The smallest absolute Gasteiger partial charge is 0.251 e. The minimum atomic E-state index is -1.55. The highest BCUT2D eigenvalue weighted by atomic mass is 35.5. The first-order valence-electron chi connectivity index (χ1n) is 6.08. The summed E-state index contributed by atoms with van der Waals surface area (Å²) >= 11 is 5.64. The first-order chi connectivity index (χ1) is 10.0. The molecule has 0 spiro atoms. The minimum absolute atomic E-state index is 0.125. The van der Waals surface area contributed by atoms with Crippen molar-refractivity contribution in [3.8, 4) is 0 Å². The second kappa shape index (κ2) is 6.63. The van der Waals surface area contributed by atoms with E-state index in [4.69, 9.17) is 11.6 Å². The molecule has 0 aliphatic carbocycles. The van der Waals surface area contributed by atoms with Crippen molar-refractivity contribution in [1.82, 2.24) is 5.32 Å². The maximum Gasteiger partial charge on any atom is 0.251 e. The first-order valence-corrected chi connectivity index (χ1v) is 6.62. The van der Waals surface area contributed by atoms with Crippen LogP contribution in [0.1, 0.15) is 21.5 Å². The average Bonchev–Trinajstić information content (AvgIpc) is 2.52. The number of halogens is 4. The molecule has 2 aromatic carbocycles. The average molecular weight is 314 g/mol. The Morgan fingerprint density at radius 1 is 1.00 bits per heavy atom. The van der Waals surface area contributed by atoms with Gasteiger partial charge in [0.15, 0.2) is 17.5 Å². The second-order valence-corrected chi connectivity index (χ2v) is 4.61. The van der Waals surface area contributed by atoms with Crippen LogP contribution in [0.3, 0.4) is 0 Å². The summed E-state index contributed by atoms with van der Waals surface area (Å²) < 4.78 is 39.3. The van der Waals surface area contributed by atoms with Crippen molar-refractivity contribution in [2.45, 2.75) is 12.4 Å². The number of carbonyl (C=O) groups excluding carboxylic acids is 1. The van der Waals surface area contributed by atoms with Crippen LogP contribution in [0.4, 0.5) is 13.2 Å². The van der Waals surface area contributed by atoms with Crippen LogP contribution in [-0.2, 0) is 12.4 Å². The Morgan fingerprint density at radius 2 is 1.67 bits per heavy atom. The summed E-state index contributed by atoms with van der Waals surface area (Å²) in [6, 6.07) is 8.45. The number of rotatable bonds is 4. The van der Waals surface area contributed by atoms with Gasteiger partial charge in [0.2, 0.25) is 0 Å². The van der Waals surface area contributed by atoms with Gasteiger partial charge in [-0.25, -0.2) is 13.2 Å². The summed E-state index contributed by atoms with van der Waals surface area (Å²) in [7, 11) is 0. The fourth-order valence-electron chi connectivity index (χ4n) is 1.73. The zero-order valence-corrected chi connectivity index (χ0v) is 11.6. The lowest BCUT2D eigenvalue weighted by molar-refractivity contribution is 0.0950. The third kappa shape index (κ3) is 3.55. The molecular weight excluding hydrogens is 303 g/mol. The number of alkyl halides is 1. The fourth-order valence-corrected chi connectivity index (χ4v) is 1.90. The molecule has 2 rings (SSSR count). The Bertz CT molecular complexity index is 659. The predicted octanol–water partition coefficient (Wildman–Crippen LogP) is 3.77. The van der Waals surface area contributed by atoms with Gasteiger partial charge in [0.25, 0.3) is 5.91 Å². The van der Waals surface area contributed by atoms with Crippen LogP contribution >= 0.6 is 11.6 Å². The summed E-state index contributed by atoms with van der Waals surface area (Å²) in [6.07, 6.45) is 0. The second-order valence-electron chi connectivity index (χ2n) is 4.35. The van der Waals surface area contributed by atoms with Gasteiger partial charge >= 0.3 is 0 Å². The van der Waals surface area contributed by atoms with Crippen LogP contribution in [0.2, 0.25) is 0 Å². The van der Waals surface area contributed by atoms with E-state index < -0.39 is 23.4 Å². The standard InChI is InChI=1S/C15H11ClF3NO/c16-7-9-1-3-10(4-2-9)15(21)20-8-11-5-6-12(17)14(19)13(11)18/h1-6H,7-8H2,(H,20,21). The maximum atomic E-state index is 13.4. The summed E-state index contributed by atoms with van der Waals surface area (Å²) in [4.78, 5) is 11.8. The van der Waals surface area contributed by atoms with Crippen LogP contribution in [0.5, 0.6) is 0 Å². The summed E-state index contributed by atoms with van der Waals surface area (Å²) in [5, 5.41) is 2.44. The Hall–Kier alpha value is -2.01. The Kier molecular flexibility index (Phi) is 4.85. The highest BCUT2D eigenvalue weighted by Gasteiger charge is 2.14. The molecule has 1 amide bonds. The number of carbonyl (C=O) groups is 1. The molecule has 0 atom stereocenters. The molecule has 110 valence electrons. The van der Waals surface area contributed by atoms with Crippen molar-refractivity contribution in [1.29, 1.82) is 0 Å². The predicted molar refractivity (Wildman–Crippen MR) is 73.5 cm³/mol. The van der Waals surface area contributed by atoms with Crippen LogP contribution in [0.15, 0.2) is 36.4 Å². The molecule has 0 bridgehead atoms. The van der Waals surface area contributed by atoms with Gasteiger partial charge in [-0.1, -0.05) is 18.2 Å². The molecule has 0 fully saturated rings. The zero-order valence-electron chi connectivity index (χ0n) is 10.8. The molecular formula is C15H11ClF3NO. The van der Waals surface area contributed by atoms with Crippen molar-refractivity contribution in [2.75, 3.05) is 0 Å². The van der Waals surface area contributed by atoms with E-state index in [2.05, 4.69) is 5.32 Å². The van der Waals surface area contributed by atoms with E-state index >= 15 is 0 Å². The van der Waals surface area contributed by atoms with Crippen molar-refractivity contribution < 1.29 is 18.0 Å². The summed E-state index contributed by atoms with van der Waals surface area (Å²) in [5.41, 5.74) is 1.10. The lowest BCUT2D eigenvalue weighted by atomic mass is 10.1. The molecule has 0 heterocycles. The van der Waals surface area contributed by atoms with Crippen LogP contribution in [0, 0.1) is 17.5 Å². The van der Waals surface area contributed by atoms with E-state index in [1.807, 2.05) is 0 Å². The Morgan fingerprint density at radius 3 is 2.29 bits per heavy atom. The molecule has 1 N–H and O–H groups in total. The van der Waals surface area contributed by atoms with Crippen LogP contribution in [0.25, 0.3) is 0 Å². The van der Waals surface area contributed by atoms with E-state index in [-0.39, 0.29) is 12.1 Å². The van der Waals surface area contributed by atoms with Crippen molar-refractivity contribution in [3.63, 3.8) is 0 Å². The summed E-state index contributed by atoms with van der Waals surface area (Å²) in [5.74, 6) is -4.22. The maximum absolute atomic E-state index is 13.4. The van der Waals surface area contributed by atoms with Crippen LogP contribution in [-0.4, -0.2) is 5.91 Å². The van der Waals surface area contributed by atoms with Gasteiger partial charge < -0.3 is 5.32 Å². The fraction of sp³-hybridized carbons (Fsp3) is 0.133. The zero-order chi connectivity index (χ0) is 15.4. The number of nitrogens with one attached hydrogen (secondary N) is 1. The number of amides is 1. The van der Waals surface area contributed by atoms with Gasteiger partial charge in [-0.15, -0.1) is 11.6 Å². The van der Waals surface area contributed by atoms with Gasteiger partial charge in [-0.2, -0.15) is 0 Å². The topological polar surface area (TPSA) is 29.1 Å². The van der Waals surface area contributed by atoms with Crippen molar-refractivity contribution >= 4 is 17.5 Å². The molecule has 2 nitrogen and oxygen atoms in total. The number of benzene rings is 2. The van der Waals surface area contributed by atoms with Gasteiger partial charge in [0, 0.05) is 23.6 Å². The third-order valence-corrected chi connectivity index (χ3v) is 3.23. The molecule has 0 aliphatic heterocycles. The van der Waals surface area contributed by atoms with Crippen LogP contribution < -0.4 is 5.32 Å². The van der Waals surface area contributed by atoms with E-state index in [0.29, 0.717) is 11.4 Å². The lowest BCUT2D eigenvalue weighted by Gasteiger charge is -2.07. The SMILES string of the molecule is O=C(NCc1ccc(F)c(F)c1F)c1ccc(CCl)cc1. The van der Waals surface area contributed by atoms with Gasteiger partial charge in [0.1, 0.15) is 0 Å². The number of hydrogen-bond acceptors (Lipinski definition) is 1. The highest BCUT2D eigenvalue weighted by Crippen LogP contribution is 2.15. The minimum Gasteiger partial charge on any atom is -0.348 e. The highest BCUT2D eigenvalue weighted by molar-refractivity contribution is 6.17. The monoisotopic (exact) mass is 313 g/mol. The molecule has 6 heteroatoms. The normalized spacial score (nSPS) is 10.5. The van der Waals surface area contributed by atoms with Gasteiger partial charge in [-0.3, -0.25) is 4.79 Å². The Balaban J connectivity index is 2.05. The molecule has 0 aromatic heterocycles. The third-order valence-electron chi connectivity index (χ3n) is 2.92. The summed E-state index contributed by atoms with van der Waals surface area (Å²) in [6.45, 7) is -0.237. The van der Waals surface area contributed by atoms with Gasteiger partial charge in [-0.05, 0) is 23.8 Å². The Labute approximate surface area is 124 Å². The van der Waals surface area contributed by atoms with E-state index in [1.54, 1.807) is 24.3 Å². The van der Waals surface area contributed by atoms with E-state index in [9.17, 15) is 18.0 Å². The van der Waals surface area contributed by atoms with E-state index in [1.165, 1.54) is 0 Å². The quantitative estimate of drug-likeness (QED) is 0.675. The molecule has 21 heavy (non-hydrogen) atoms. The van der Waals surface area contributed by atoms with Crippen molar-refractivity contribution in [3.05, 3.63) is 70.5 Å². The molecule has 0 saturated carbocycles. The molecule has 0 unspecified atom stereocenters. The van der Waals surface area contributed by atoms with Gasteiger partial charge in [0.05, 0.1) is 0 Å². The molecule has 2 aromatic rings. The molecule has 0 saturated heterocycles. The number of hydrogen-bond donors (Lipinski definition) is 1. The molecule has 0 radical (unpaired) electrons. The molecule has 0 aliphatic rings. The first kappa shape index (κ1) is 15.4. The lowest BCUT2D eigenvalue weighted by Crippen LogP contribution is -2.23.